The van der Waals surface area contributed by atoms with Crippen LogP contribution in [0.4, 0.5) is 10.1 Å². The molecule has 0 aromatic heterocycles. The number of halogens is 1. The number of rotatable bonds is 5. The number of nitrogens with zero attached hydrogens (tertiary/aromatic N) is 1. The summed E-state index contributed by atoms with van der Waals surface area (Å²) in [6.07, 6.45) is 1.07. The summed E-state index contributed by atoms with van der Waals surface area (Å²) in [6, 6.07) is 5.90. The smallest absolute Gasteiger partial charge is 0.209 e. The van der Waals surface area contributed by atoms with E-state index in [1.54, 1.807) is 13.8 Å². The third-order valence-corrected chi connectivity index (χ3v) is 3.20. The molecule has 0 amide bonds. The first-order valence-corrected chi connectivity index (χ1v) is 7.44. The van der Waals surface area contributed by atoms with Crippen molar-refractivity contribution in [3.05, 3.63) is 29.6 Å². The number of sulfonamides is 1. The fourth-order valence-electron chi connectivity index (χ4n) is 1.58. The molecule has 0 aliphatic rings. The number of nitriles is 1. The van der Waals surface area contributed by atoms with Crippen molar-refractivity contribution in [2.45, 2.75) is 19.4 Å². The molecule has 1 rings (SSSR count). The van der Waals surface area contributed by atoms with Gasteiger partial charge < -0.3 is 5.32 Å². The van der Waals surface area contributed by atoms with E-state index in [2.05, 4.69) is 10.0 Å². The number of benzene rings is 1. The molecule has 0 radical (unpaired) electrons. The van der Waals surface area contributed by atoms with E-state index in [0.717, 1.165) is 12.3 Å². The molecule has 1 aromatic rings. The monoisotopic (exact) mass is 285 g/mol. The highest BCUT2D eigenvalue weighted by Crippen LogP contribution is 2.16. The van der Waals surface area contributed by atoms with Crippen molar-refractivity contribution in [2.24, 2.45) is 0 Å². The average Bonchev–Trinajstić information content (AvgIpc) is 2.24. The normalized spacial score (nSPS) is 11.9. The third-order valence-electron chi connectivity index (χ3n) is 2.28. The van der Waals surface area contributed by atoms with Crippen LogP contribution in [0.2, 0.25) is 0 Å². The maximum atomic E-state index is 13.6. The SMILES string of the molecule is CC(C)(CNc1ccc(C#N)cc1F)NS(C)(=O)=O. The van der Waals surface area contributed by atoms with Crippen molar-refractivity contribution in [2.75, 3.05) is 18.1 Å². The zero-order valence-corrected chi connectivity index (χ0v) is 11.8. The molecule has 104 valence electrons. The van der Waals surface area contributed by atoms with E-state index in [1.807, 2.05) is 6.07 Å². The zero-order valence-electron chi connectivity index (χ0n) is 11.0. The Balaban J connectivity index is 2.75. The summed E-state index contributed by atoms with van der Waals surface area (Å²) in [5.74, 6) is -0.547. The van der Waals surface area contributed by atoms with Crippen molar-refractivity contribution in [1.82, 2.24) is 4.72 Å². The molecule has 0 aliphatic heterocycles. The first-order chi connectivity index (χ1) is 8.63. The summed E-state index contributed by atoms with van der Waals surface area (Å²) in [4.78, 5) is 0. The van der Waals surface area contributed by atoms with E-state index < -0.39 is 21.4 Å². The van der Waals surface area contributed by atoms with Gasteiger partial charge in [0.25, 0.3) is 0 Å². The summed E-state index contributed by atoms with van der Waals surface area (Å²) < 4.78 is 38.4. The molecule has 0 unspecified atom stereocenters. The van der Waals surface area contributed by atoms with Gasteiger partial charge in [-0.15, -0.1) is 0 Å². The molecular formula is C12H16FN3O2S. The van der Waals surface area contributed by atoms with Gasteiger partial charge in [0.1, 0.15) is 5.82 Å². The lowest BCUT2D eigenvalue weighted by Gasteiger charge is -2.26. The van der Waals surface area contributed by atoms with Crippen molar-refractivity contribution in [1.29, 1.82) is 5.26 Å². The first-order valence-electron chi connectivity index (χ1n) is 5.55. The highest BCUT2D eigenvalue weighted by molar-refractivity contribution is 7.88. The average molecular weight is 285 g/mol. The Morgan fingerprint density at radius 1 is 1.42 bits per heavy atom. The van der Waals surface area contributed by atoms with Crippen LogP contribution in [0.1, 0.15) is 19.4 Å². The van der Waals surface area contributed by atoms with Gasteiger partial charge in [0, 0.05) is 12.1 Å². The summed E-state index contributed by atoms with van der Waals surface area (Å²) in [5, 5.41) is 11.4. The molecule has 0 aliphatic carbocycles. The molecule has 1 aromatic carbocycles. The molecule has 0 atom stereocenters. The van der Waals surface area contributed by atoms with E-state index >= 15 is 0 Å². The lowest BCUT2D eigenvalue weighted by atomic mass is 10.1. The molecule has 0 saturated heterocycles. The molecule has 0 heterocycles. The van der Waals surface area contributed by atoms with E-state index in [-0.39, 0.29) is 17.8 Å². The van der Waals surface area contributed by atoms with Gasteiger partial charge in [-0.2, -0.15) is 5.26 Å². The molecule has 0 saturated carbocycles. The quantitative estimate of drug-likeness (QED) is 0.857. The molecule has 0 spiro atoms. The molecule has 0 bridgehead atoms. The van der Waals surface area contributed by atoms with E-state index in [4.69, 9.17) is 5.26 Å². The Morgan fingerprint density at radius 3 is 2.53 bits per heavy atom. The highest BCUT2D eigenvalue weighted by atomic mass is 32.2. The standard InChI is InChI=1S/C12H16FN3O2S/c1-12(2,16-19(3,17)18)8-15-11-5-4-9(7-14)6-10(11)13/h4-6,15-16H,8H2,1-3H3. The van der Waals surface area contributed by atoms with Crippen LogP contribution in [-0.2, 0) is 10.0 Å². The van der Waals surface area contributed by atoms with Crippen molar-refractivity contribution in [3.8, 4) is 6.07 Å². The summed E-state index contributed by atoms with van der Waals surface area (Å²) in [6.45, 7) is 3.58. The second kappa shape index (κ2) is 5.55. The maximum Gasteiger partial charge on any atom is 0.209 e. The molecule has 0 fully saturated rings. The third kappa shape index (κ3) is 5.24. The fourth-order valence-corrected chi connectivity index (χ4v) is 2.66. The van der Waals surface area contributed by atoms with Gasteiger partial charge in [-0.05, 0) is 32.0 Å². The van der Waals surface area contributed by atoms with E-state index in [9.17, 15) is 12.8 Å². The molecule has 5 nitrogen and oxygen atoms in total. The molecule has 2 N–H and O–H groups in total. The van der Waals surface area contributed by atoms with Crippen LogP contribution < -0.4 is 10.0 Å². The van der Waals surface area contributed by atoms with Gasteiger partial charge >= 0.3 is 0 Å². The summed E-state index contributed by atoms with van der Waals surface area (Å²) in [7, 11) is -3.33. The van der Waals surface area contributed by atoms with Crippen molar-refractivity contribution < 1.29 is 12.8 Å². The minimum atomic E-state index is -3.33. The van der Waals surface area contributed by atoms with Gasteiger partial charge in [-0.1, -0.05) is 0 Å². The predicted octanol–water partition coefficient (Wildman–Crippen LogP) is 1.44. The van der Waals surface area contributed by atoms with E-state index in [1.165, 1.54) is 12.1 Å². The number of hydrogen-bond acceptors (Lipinski definition) is 4. The van der Waals surface area contributed by atoms with E-state index in [0.29, 0.717) is 0 Å². The largest absolute Gasteiger partial charge is 0.381 e. The minimum absolute atomic E-state index is 0.211. The topological polar surface area (TPSA) is 82.0 Å². The predicted molar refractivity (Wildman–Crippen MR) is 71.7 cm³/mol. The zero-order chi connectivity index (χ0) is 14.7. The van der Waals surface area contributed by atoms with Crippen LogP contribution in [0.15, 0.2) is 18.2 Å². The van der Waals surface area contributed by atoms with Gasteiger partial charge in [0.15, 0.2) is 0 Å². The Bertz CT molecular complexity index is 606. The Labute approximate surface area is 112 Å². The van der Waals surface area contributed by atoms with Crippen LogP contribution >= 0.6 is 0 Å². The number of hydrogen-bond donors (Lipinski definition) is 2. The number of anilines is 1. The maximum absolute atomic E-state index is 13.6. The lowest BCUT2D eigenvalue weighted by molar-refractivity contribution is 0.475. The summed E-state index contributed by atoms with van der Waals surface area (Å²) in [5.41, 5.74) is -0.299. The second-order valence-corrected chi connectivity index (χ2v) is 6.67. The van der Waals surface area contributed by atoms with Crippen LogP contribution in [0, 0.1) is 17.1 Å². The minimum Gasteiger partial charge on any atom is -0.381 e. The first kappa shape index (κ1) is 15.4. The van der Waals surface area contributed by atoms with Crippen LogP contribution in [0.3, 0.4) is 0 Å². The second-order valence-electron chi connectivity index (χ2n) is 4.92. The lowest BCUT2D eigenvalue weighted by Crippen LogP contribution is -2.47. The van der Waals surface area contributed by atoms with Crippen LogP contribution in [0.5, 0.6) is 0 Å². The highest BCUT2D eigenvalue weighted by Gasteiger charge is 2.22. The Morgan fingerprint density at radius 2 is 2.05 bits per heavy atom. The molecule has 7 heteroatoms. The number of nitrogens with one attached hydrogen (secondary N) is 2. The Hall–Kier alpha value is -1.65. The van der Waals surface area contributed by atoms with Crippen molar-refractivity contribution in [3.63, 3.8) is 0 Å². The van der Waals surface area contributed by atoms with Gasteiger partial charge in [-0.25, -0.2) is 17.5 Å². The molecular weight excluding hydrogens is 269 g/mol. The van der Waals surface area contributed by atoms with Gasteiger partial charge in [-0.3, -0.25) is 0 Å². The fraction of sp³-hybridized carbons (Fsp3) is 0.417. The van der Waals surface area contributed by atoms with Crippen LogP contribution in [-0.4, -0.2) is 26.8 Å². The van der Waals surface area contributed by atoms with Crippen molar-refractivity contribution >= 4 is 15.7 Å². The summed E-state index contributed by atoms with van der Waals surface area (Å²) >= 11 is 0. The van der Waals surface area contributed by atoms with Crippen LogP contribution in [0.25, 0.3) is 0 Å². The van der Waals surface area contributed by atoms with Gasteiger partial charge in [0.05, 0.1) is 23.6 Å². The Kier molecular flexibility index (Phi) is 4.50. The van der Waals surface area contributed by atoms with Gasteiger partial charge in [0.2, 0.25) is 10.0 Å². The molecule has 19 heavy (non-hydrogen) atoms.